The lowest BCUT2D eigenvalue weighted by atomic mass is 10.3. The van der Waals surface area contributed by atoms with Crippen LogP contribution in [0, 0.1) is 0 Å². The third kappa shape index (κ3) is 2.91. The Balaban J connectivity index is 2.50. The van der Waals surface area contributed by atoms with E-state index < -0.39 is 0 Å². The quantitative estimate of drug-likeness (QED) is 0.843. The number of halogens is 1. The van der Waals surface area contributed by atoms with E-state index in [2.05, 4.69) is 15.9 Å². The molecule has 3 heteroatoms. The lowest BCUT2D eigenvalue weighted by Crippen LogP contribution is -1.74. The van der Waals surface area contributed by atoms with E-state index in [9.17, 15) is 0 Å². The number of rotatable bonds is 3. The number of hydrogen-bond donors (Lipinski definition) is 1. The number of aliphatic hydroxyl groups is 1. The Morgan fingerprint density at radius 3 is 2.91 bits per heavy atom. The van der Waals surface area contributed by atoms with Crippen LogP contribution in [0.4, 0.5) is 0 Å². The smallest absolute Gasteiger partial charge is 0.169 e. The molecule has 1 N–H and O–H groups in total. The van der Waals surface area contributed by atoms with E-state index in [1.54, 1.807) is 0 Å². The van der Waals surface area contributed by atoms with Crippen LogP contribution in [-0.2, 0) is 0 Å². The second-order valence-electron chi connectivity index (χ2n) is 2.06. The summed E-state index contributed by atoms with van der Waals surface area (Å²) in [5.74, 6) is 0.797. The zero-order valence-corrected chi connectivity index (χ0v) is 7.54. The molecule has 0 bridgehead atoms. The fourth-order valence-electron chi connectivity index (χ4n) is 0.692. The van der Waals surface area contributed by atoms with Gasteiger partial charge in [0.2, 0.25) is 0 Å². The molecule has 0 aliphatic carbocycles. The molecule has 0 aliphatic rings. The van der Waals surface area contributed by atoms with E-state index in [-0.39, 0.29) is 6.61 Å². The first-order valence-corrected chi connectivity index (χ1v) is 4.15. The highest BCUT2D eigenvalue weighted by Crippen LogP contribution is 2.14. The van der Waals surface area contributed by atoms with Gasteiger partial charge in [0, 0.05) is 6.61 Å². The Bertz CT molecular complexity index is 240. The van der Waals surface area contributed by atoms with Crippen LogP contribution in [-0.4, -0.2) is 11.7 Å². The van der Waals surface area contributed by atoms with E-state index in [0.717, 1.165) is 10.4 Å². The second-order valence-corrected chi connectivity index (χ2v) is 2.84. The SMILES string of the molecule is OCC/C=C\c1ccc(Br)o1. The third-order valence-corrected chi connectivity index (χ3v) is 1.60. The maximum atomic E-state index is 8.46. The van der Waals surface area contributed by atoms with Gasteiger partial charge in [0.15, 0.2) is 4.67 Å². The van der Waals surface area contributed by atoms with Crippen molar-refractivity contribution in [1.29, 1.82) is 0 Å². The van der Waals surface area contributed by atoms with Gasteiger partial charge in [-0.05, 0) is 40.6 Å². The van der Waals surface area contributed by atoms with Crippen LogP contribution in [0.3, 0.4) is 0 Å². The molecular formula is C8H9BrO2. The molecule has 1 aromatic rings. The van der Waals surface area contributed by atoms with Gasteiger partial charge in [-0.15, -0.1) is 0 Å². The maximum Gasteiger partial charge on any atom is 0.169 e. The fourth-order valence-corrected chi connectivity index (χ4v) is 1.01. The Morgan fingerprint density at radius 2 is 2.36 bits per heavy atom. The predicted molar refractivity (Wildman–Crippen MR) is 47.1 cm³/mol. The average Bonchev–Trinajstić information content (AvgIpc) is 2.37. The van der Waals surface area contributed by atoms with Crippen LogP contribution < -0.4 is 0 Å². The van der Waals surface area contributed by atoms with Crippen LogP contribution in [0.25, 0.3) is 6.08 Å². The maximum absolute atomic E-state index is 8.46. The molecule has 60 valence electrons. The minimum Gasteiger partial charge on any atom is -0.450 e. The summed E-state index contributed by atoms with van der Waals surface area (Å²) in [6, 6.07) is 3.69. The summed E-state index contributed by atoms with van der Waals surface area (Å²) >= 11 is 3.19. The molecule has 1 heterocycles. The van der Waals surface area contributed by atoms with Gasteiger partial charge in [-0.1, -0.05) is 6.08 Å². The Morgan fingerprint density at radius 1 is 1.55 bits per heavy atom. The van der Waals surface area contributed by atoms with Crippen molar-refractivity contribution in [3.8, 4) is 0 Å². The van der Waals surface area contributed by atoms with Gasteiger partial charge in [-0.2, -0.15) is 0 Å². The van der Waals surface area contributed by atoms with Crippen LogP contribution in [0.5, 0.6) is 0 Å². The first-order valence-electron chi connectivity index (χ1n) is 3.35. The predicted octanol–water partition coefficient (Wildman–Crippen LogP) is 2.44. The molecule has 2 nitrogen and oxygen atoms in total. The Labute approximate surface area is 73.7 Å². The number of furan rings is 1. The largest absolute Gasteiger partial charge is 0.450 e. The molecule has 0 radical (unpaired) electrons. The lowest BCUT2D eigenvalue weighted by Gasteiger charge is -1.84. The van der Waals surface area contributed by atoms with E-state index in [1.807, 2.05) is 24.3 Å². The van der Waals surface area contributed by atoms with Crippen molar-refractivity contribution >= 4 is 22.0 Å². The normalized spacial score (nSPS) is 11.1. The first-order chi connectivity index (χ1) is 5.33. The van der Waals surface area contributed by atoms with Gasteiger partial charge in [-0.25, -0.2) is 0 Å². The zero-order chi connectivity index (χ0) is 8.10. The van der Waals surface area contributed by atoms with Crippen molar-refractivity contribution in [3.05, 3.63) is 28.6 Å². The summed E-state index contributed by atoms with van der Waals surface area (Å²) < 4.78 is 5.90. The van der Waals surface area contributed by atoms with E-state index >= 15 is 0 Å². The summed E-state index contributed by atoms with van der Waals surface area (Å²) in [5, 5.41) is 8.46. The molecule has 0 fully saturated rings. The van der Waals surface area contributed by atoms with Gasteiger partial charge < -0.3 is 9.52 Å². The van der Waals surface area contributed by atoms with Crippen LogP contribution in [0.2, 0.25) is 0 Å². The van der Waals surface area contributed by atoms with E-state index in [0.29, 0.717) is 6.42 Å². The molecule has 0 atom stereocenters. The Kier molecular flexibility index (Phi) is 3.39. The van der Waals surface area contributed by atoms with Crippen LogP contribution in [0.1, 0.15) is 12.2 Å². The lowest BCUT2D eigenvalue weighted by molar-refractivity contribution is 0.303. The van der Waals surface area contributed by atoms with Crippen molar-refractivity contribution in [1.82, 2.24) is 0 Å². The second kappa shape index (κ2) is 4.36. The molecule has 0 saturated heterocycles. The van der Waals surface area contributed by atoms with Gasteiger partial charge in [0.25, 0.3) is 0 Å². The summed E-state index contributed by atoms with van der Waals surface area (Å²) in [4.78, 5) is 0. The van der Waals surface area contributed by atoms with Gasteiger partial charge in [-0.3, -0.25) is 0 Å². The Hall–Kier alpha value is -0.540. The van der Waals surface area contributed by atoms with Crippen molar-refractivity contribution < 1.29 is 9.52 Å². The average molecular weight is 217 g/mol. The summed E-state index contributed by atoms with van der Waals surface area (Å²) in [7, 11) is 0. The van der Waals surface area contributed by atoms with Crippen LogP contribution >= 0.6 is 15.9 Å². The monoisotopic (exact) mass is 216 g/mol. The molecule has 0 saturated carbocycles. The minimum absolute atomic E-state index is 0.179. The van der Waals surface area contributed by atoms with Crippen LogP contribution in [0.15, 0.2) is 27.3 Å². The third-order valence-electron chi connectivity index (χ3n) is 1.17. The summed E-state index contributed by atoms with van der Waals surface area (Å²) in [5.41, 5.74) is 0. The van der Waals surface area contributed by atoms with Gasteiger partial charge in [0.05, 0.1) is 0 Å². The highest BCUT2D eigenvalue weighted by atomic mass is 79.9. The summed E-state index contributed by atoms with van der Waals surface area (Å²) in [6.07, 6.45) is 4.37. The standard InChI is InChI=1S/C8H9BrO2/c9-8-5-4-7(11-8)3-1-2-6-10/h1,3-5,10H,2,6H2/b3-1-. The van der Waals surface area contributed by atoms with Crippen molar-refractivity contribution in [3.63, 3.8) is 0 Å². The molecule has 11 heavy (non-hydrogen) atoms. The van der Waals surface area contributed by atoms with E-state index in [1.165, 1.54) is 0 Å². The molecule has 0 aromatic carbocycles. The van der Waals surface area contributed by atoms with E-state index in [4.69, 9.17) is 9.52 Å². The topological polar surface area (TPSA) is 33.4 Å². The molecular weight excluding hydrogens is 208 g/mol. The number of aliphatic hydroxyl groups excluding tert-OH is 1. The number of hydrogen-bond acceptors (Lipinski definition) is 2. The fraction of sp³-hybridized carbons (Fsp3) is 0.250. The highest BCUT2D eigenvalue weighted by molar-refractivity contribution is 9.10. The van der Waals surface area contributed by atoms with Gasteiger partial charge in [0.1, 0.15) is 5.76 Å². The molecule has 0 amide bonds. The molecule has 0 aliphatic heterocycles. The first kappa shape index (κ1) is 8.56. The van der Waals surface area contributed by atoms with Crippen molar-refractivity contribution in [2.24, 2.45) is 0 Å². The molecule has 0 spiro atoms. The molecule has 1 rings (SSSR count). The van der Waals surface area contributed by atoms with Crippen molar-refractivity contribution in [2.45, 2.75) is 6.42 Å². The van der Waals surface area contributed by atoms with Crippen molar-refractivity contribution in [2.75, 3.05) is 6.61 Å². The highest BCUT2D eigenvalue weighted by Gasteiger charge is 1.92. The molecule has 0 unspecified atom stereocenters. The minimum atomic E-state index is 0.179. The summed E-state index contributed by atoms with van der Waals surface area (Å²) in [6.45, 7) is 0.179. The zero-order valence-electron chi connectivity index (χ0n) is 5.96. The van der Waals surface area contributed by atoms with Gasteiger partial charge >= 0.3 is 0 Å². The molecule has 1 aromatic heterocycles.